The fourth-order valence-corrected chi connectivity index (χ4v) is 1.86. The second-order valence-corrected chi connectivity index (χ2v) is 4.87. The van der Waals surface area contributed by atoms with Crippen LogP contribution in [0.2, 0.25) is 5.02 Å². The number of aromatic nitrogens is 3. The van der Waals surface area contributed by atoms with Gasteiger partial charge in [0.15, 0.2) is 5.82 Å². The van der Waals surface area contributed by atoms with Crippen molar-refractivity contribution in [3.8, 4) is 0 Å². The van der Waals surface area contributed by atoms with E-state index in [4.69, 9.17) is 11.6 Å². The number of hydrogen-bond donors (Lipinski definition) is 1. The zero-order chi connectivity index (χ0) is 14.0. The molecule has 1 aromatic carbocycles. The van der Waals surface area contributed by atoms with Gasteiger partial charge in [0.1, 0.15) is 5.82 Å². The van der Waals surface area contributed by atoms with E-state index in [0.29, 0.717) is 23.0 Å². The predicted molar refractivity (Wildman–Crippen MR) is 73.1 cm³/mol. The number of H-pyrrole nitrogens is 1. The maximum Gasteiger partial charge on any atom is 0.254 e. The molecule has 0 aliphatic rings. The number of benzene rings is 1. The largest absolute Gasteiger partial charge is 0.334 e. The minimum absolute atomic E-state index is 0.0813. The smallest absolute Gasteiger partial charge is 0.254 e. The molecule has 0 aliphatic carbocycles. The van der Waals surface area contributed by atoms with Gasteiger partial charge in [-0.3, -0.25) is 9.89 Å². The molecule has 0 fully saturated rings. The topological polar surface area (TPSA) is 61.9 Å². The molecule has 0 spiro atoms. The predicted octanol–water partition coefficient (Wildman–Crippen LogP) is 2.35. The Hall–Kier alpha value is -1.88. The molecule has 1 aromatic heterocycles. The first-order valence-electron chi connectivity index (χ1n) is 5.87. The van der Waals surface area contributed by atoms with E-state index in [1.54, 1.807) is 30.1 Å². The molecule has 0 saturated heterocycles. The highest BCUT2D eigenvalue weighted by atomic mass is 35.5. The van der Waals surface area contributed by atoms with Gasteiger partial charge in [0.05, 0.1) is 6.54 Å². The monoisotopic (exact) mass is 278 g/mol. The molecule has 0 atom stereocenters. The molecule has 6 heteroatoms. The van der Waals surface area contributed by atoms with Crippen molar-refractivity contribution >= 4 is 17.5 Å². The van der Waals surface area contributed by atoms with Crippen molar-refractivity contribution in [3.63, 3.8) is 0 Å². The molecule has 0 radical (unpaired) electrons. The van der Waals surface area contributed by atoms with Gasteiger partial charge in [-0.15, -0.1) is 0 Å². The second-order valence-electron chi connectivity index (χ2n) is 4.46. The number of rotatable bonds is 3. The van der Waals surface area contributed by atoms with E-state index in [2.05, 4.69) is 15.2 Å². The zero-order valence-electron chi connectivity index (χ0n) is 11.1. The van der Waals surface area contributed by atoms with Gasteiger partial charge in [-0.2, -0.15) is 5.10 Å². The van der Waals surface area contributed by atoms with Crippen LogP contribution in [0.25, 0.3) is 0 Å². The van der Waals surface area contributed by atoms with E-state index in [1.165, 1.54) is 0 Å². The summed E-state index contributed by atoms with van der Waals surface area (Å²) in [7, 11) is 1.72. The fraction of sp³-hybridized carbons (Fsp3) is 0.308. The van der Waals surface area contributed by atoms with E-state index >= 15 is 0 Å². The minimum Gasteiger partial charge on any atom is -0.334 e. The van der Waals surface area contributed by atoms with Gasteiger partial charge >= 0.3 is 0 Å². The second kappa shape index (κ2) is 5.40. The Bertz CT molecular complexity index is 608. The quantitative estimate of drug-likeness (QED) is 0.937. The third-order valence-electron chi connectivity index (χ3n) is 2.77. The van der Waals surface area contributed by atoms with Gasteiger partial charge in [0.2, 0.25) is 0 Å². The van der Waals surface area contributed by atoms with Crippen LogP contribution in [0.3, 0.4) is 0 Å². The van der Waals surface area contributed by atoms with Gasteiger partial charge in [-0.25, -0.2) is 4.98 Å². The maximum atomic E-state index is 12.2. The first kappa shape index (κ1) is 13.5. The van der Waals surface area contributed by atoms with Crippen molar-refractivity contribution in [1.29, 1.82) is 0 Å². The van der Waals surface area contributed by atoms with Gasteiger partial charge in [-0.05, 0) is 37.6 Å². The number of hydrogen-bond acceptors (Lipinski definition) is 3. The lowest BCUT2D eigenvalue weighted by Crippen LogP contribution is -2.26. The van der Waals surface area contributed by atoms with Crippen LogP contribution in [0.5, 0.6) is 0 Å². The van der Waals surface area contributed by atoms with Gasteiger partial charge in [-0.1, -0.05) is 11.6 Å². The number of amides is 1. The van der Waals surface area contributed by atoms with Crippen LogP contribution in [0, 0.1) is 13.8 Å². The Morgan fingerprint density at radius 3 is 2.74 bits per heavy atom. The molecule has 1 heterocycles. The molecule has 0 saturated carbocycles. The third kappa shape index (κ3) is 3.12. The van der Waals surface area contributed by atoms with Crippen LogP contribution < -0.4 is 0 Å². The number of aryl methyl sites for hydroxylation is 2. The molecular weight excluding hydrogens is 264 g/mol. The Kier molecular flexibility index (Phi) is 3.85. The molecule has 0 aliphatic heterocycles. The molecule has 5 nitrogen and oxygen atoms in total. The summed E-state index contributed by atoms with van der Waals surface area (Å²) >= 11 is 5.95. The molecule has 1 amide bonds. The molecule has 2 aromatic rings. The summed E-state index contributed by atoms with van der Waals surface area (Å²) in [6.07, 6.45) is 0. The Balaban J connectivity index is 2.12. The third-order valence-corrected chi connectivity index (χ3v) is 3.20. The average Bonchev–Trinajstić information content (AvgIpc) is 2.77. The minimum atomic E-state index is -0.0813. The standard InChI is InChI=1S/C13H15ClN4O/c1-8-6-10(4-5-11(8)14)13(19)18(3)7-12-15-9(2)16-17-12/h4-6H,7H2,1-3H3,(H,15,16,17). The van der Waals surface area contributed by atoms with E-state index in [1.807, 2.05) is 13.8 Å². The molecule has 100 valence electrons. The average molecular weight is 279 g/mol. The van der Waals surface area contributed by atoms with Crippen LogP contribution in [0.1, 0.15) is 27.6 Å². The van der Waals surface area contributed by atoms with Crippen molar-refractivity contribution in [1.82, 2.24) is 20.1 Å². The number of halogens is 1. The van der Waals surface area contributed by atoms with E-state index in [-0.39, 0.29) is 5.91 Å². The highest BCUT2D eigenvalue weighted by molar-refractivity contribution is 6.31. The summed E-state index contributed by atoms with van der Waals surface area (Å²) in [6, 6.07) is 5.23. The van der Waals surface area contributed by atoms with Crippen molar-refractivity contribution < 1.29 is 4.79 Å². The van der Waals surface area contributed by atoms with Gasteiger partial charge in [0.25, 0.3) is 5.91 Å². The first-order valence-corrected chi connectivity index (χ1v) is 6.24. The summed E-state index contributed by atoms with van der Waals surface area (Å²) in [5.41, 5.74) is 1.49. The van der Waals surface area contributed by atoms with E-state index in [9.17, 15) is 4.79 Å². The lowest BCUT2D eigenvalue weighted by Gasteiger charge is -2.15. The van der Waals surface area contributed by atoms with E-state index < -0.39 is 0 Å². The number of carbonyl (C=O) groups excluding carboxylic acids is 1. The summed E-state index contributed by atoms with van der Waals surface area (Å²) in [5.74, 6) is 1.25. The van der Waals surface area contributed by atoms with Crippen LogP contribution in [-0.2, 0) is 6.54 Å². The summed E-state index contributed by atoms with van der Waals surface area (Å²) in [4.78, 5) is 18.0. The Morgan fingerprint density at radius 1 is 1.42 bits per heavy atom. The summed E-state index contributed by atoms with van der Waals surface area (Å²) in [6.45, 7) is 4.06. The number of carbonyl (C=O) groups is 1. The SMILES string of the molecule is Cc1nc(CN(C)C(=O)c2ccc(Cl)c(C)c2)n[nH]1. The normalized spacial score (nSPS) is 10.5. The Morgan fingerprint density at radius 2 is 2.16 bits per heavy atom. The van der Waals surface area contributed by atoms with Crippen molar-refractivity contribution in [2.75, 3.05) is 7.05 Å². The lowest BCUT2D eigenvalue weighted by atomic mass is 10.1. The highest BCUT2D eigenvalue weighted by Gasteiger charge is 2.14. The number of nitrogens with zero attached hydrogens (tertiary/aromatic N) is 3. The van der Waals surface area contributed by atoms with Gasteiger partial charge < -0.3 is 4.90 Å². The van der Waals surface area contributed by atoms with Crippen molar-refractivity contribution in [2.45, 2.75) is 20.4 Å². The maximum absolute atomic E-state index is 12.2. The van der Waals surface area contributed by atoms with Crippen LogP contribution in [0.4, 0.5) is 0 Å². The fourth-order valence-electron chi connectivity index (χ4n) is 1.74. The van der Waals surface area contributed by atoms with Crippen molar-refractivity contribution in [2.24, 2.45) is 0 Å². The van der Waals surface area contributed by atoms with Crippen LogP contribution in [0.15, 0.2) is 18.2 Å². The number of aromatic amines is 1. The number of nitrogens with one attached hydrogen (secondary N) is 1. The molecule has 2 rings (SSSR count). The molecule has 1 N–H and O–H groups in total. The highest BCUT2D eigenvalue weighted by Crippen LogP contribution is 2.17. The van der Waals surface area contributed by atoms with E-state index in [0.717, 1.165) is 11.4 Å². The molecule has 19 heavy (non-hydrogen) atoms. The summed E-state index contributed by atoms with van der Waals surface area (Å²) < 4.78 is 0. The lowest BCUT2D eigenvalue weighted by molar-refractivity contribution is 0.0781. The molecule has 0 unspecified atom stereocenters. The molecular formula is C13H15ClN4O. The summed E-state index contributed by atoms with van der Waals surface area (Å²) in [5, 5.41) is 7.42. The van der Waals surface area contributed by atoms with Crippen molar-refractivity contribution in [3.05, 3.63) is 46.0 Å². The zero-order valence-corrected chi connectivity index (χ0v) is 11.8. The van der Waals surface area contributed by atoms with Crippen LogP contribution in [-0.4, -0.2) is 33.0 Å². The first-order chi connectivity index (χ1) is 8.97. The molecule has 0 bridgehead atoms. The van der Waals surface area contributed by atoms with Gasteiger partial charge in [0, 0.05) is 17.6 Å². The van der Waals surface area contributed by atoms with Crippen LogP contribution >= 0.6 is 11.6 Å². The Labute approximate surface area is 116 Å².